The number of anilines is 1. The van der Waals surface area contributed by atoms with E-state index < -0.39 is 0 Å². The highest BCUT2D eigenvalue weighted by Gasteiger charge is 2.34. The molecule has 1 aliphatic heterocycles. The smallest absolute Gasteiger partial charge is 0.171 e. The molecule has 2 aromatic rings. The van der Waals surface area contributed by atoms with E-state index in [1.54, 1.807) is 7.11 Å². The molecule has 0 bridgehead atoms. The van der Waals surface area contributed by atoms with E-state index in [0.717, 1.165) is 35.6 Å². The van der Waals surface area contributed by atoms with Crippen LogP contribution in [0.3, 0.4) is 0 Å². The van der Waals surface area contributed by atoms with E-state index >= 15 is 0 Å². The van der Waals surface area contributed by atoms with Gasteiger partial charge in [-0.15, -0.1) is 0 Å². The Kier molecular flexibility index (Phi) is 5.37. The molecule has 2 N–H and O–H groups in total. The number of hydrogen-bond acceptors (Lipinski definition) is 3. The van der Waals surface area contributed by atoms with E-state index in [9.17, 15) is 0 Å². The predicted octanol–water partition coefficient (Wildman–Crippen LogP) is 4.85. The van der Waals surface area contributed by atoms with Gasteiger partial charge in [-0.25, -0.2) is 0 Å². The van der Waals surface area contributed by atoms with Gasteiger partial charge in [-0.3, -0.25) is 0 Å². The molecule has 0 amide bonds. The fourth-order valence-electron chi connectivity index (χ4n) is 3.24. The zero-order chi connectivity index (χ0) is 18.7. The first-order valence-corrected chi connectivity index (χ1v) is 9.34. The van der Waals surface area contributed by atoms with Crippen molar-refractivity contribution >= 4 is 23.0 Å². The van der Waals surface area contributed by atoms with E-state index in [-0.39, 0.29) is 11.6 Å². The maximum absolute atomic E-state index is 6.13. The molecule has 0 spiro atoms. The first-order chi connectivity index (χ1) is 12.4. The Labute approximate surface area is 160 Å². The van der Waals surface area contributed by atoms with Gasteiger partial charge in [-0.05, 0) is 62.3 Å². The number of ether oxygens (including phenoxy) is 2. The van der Waals surface area contributed by atoms with Gasteiger partial charge in [-0.1, -0.05) is 19.1 Å². The SMILES string of the molecule is CCc1ccc(NC(=S)N[C@H]2CC(C)(C)Oc3cc(OC)ccc32)cc1. The molecular weight excluding hydrogens is 344 g/mol. The number of methoxy groups -OCH3 is 1. The molecule has 1 atom stereocenters. The van der Waals surface area contributed by atoms with Crippen molar-refractivity contribution in [3.05, 3.63) is 53.6 Å². The monoisotopic (exact) mass is 370 g/mol. The summed E-state index contributed by atoms with van der Waals surface area (Å²) >= 11 is 5.54. The minimum Gasteiger partial charge on any atom is -0.497 e. The van der Waals surface area contributed by atoms with Crippen LogP contribution in [0, 0.1) is 0 Å². The molecular formula is C21H26N2O2S. The molecule has 138 valence electrons. The van der Waals surface area contributed by atoms with Crippen LogP contribution in [0.4, 0.5) is 5.69 Å². The Hall–Kier alpha value is -2.27. The Balaban J connectivity index is 1.75. The molecule has 0 saturated carbocycles. The van der Waals surface area contributed by atoms with E-state index in [1.165, 1.54) is 5.56 Å². The minimum atomic E-state index is -0.282. The molecule has 0 aromatic heterocycles. The second-order valence-electron chi connectivity index (χ2n) is 7.17. The van der Waals surface area contributed by atoms with Crippen LogP contribution in [-0.2, 0) is 6.42 Å². The van der Waals surface area contributed by atoms with Gasteiger partial charge in [0, 0.05) is 23.7 Å². The van der Waals surface area contributed by atoms with E-state index in [1.807, 2.05) is 18.2 Å². The van der Waals surface area contributed by atoms with Crippen molar-refractivity contribution in [2.45, 2.75) is 45.3 Å². The Bertz CT molecular complexity index is 787. The van der Waals surface area contributed by atoms with Gasteiger partial charge in [0.25, 0.3) is 0 Å². The fraction of sp³-hybridized carbons (Fsp3) is 0.381. The number of benzene rings is 2. The predicted molar refractivity (Wildman–Crippen MR) is 110 cm³/mol. The Morgan fingerprint density at radius 2 is 1.96 bits per heavy atom. The molecule has 5 heteroatoms. The normalized spacial score (nSPS) is 17.6. The third kappa shape index (κ3) is 4.28. The van der Waals surface area contributed by atoms with Crippen LogP contribution in [0.25, 0.3) is 0 Å². The van der Waals surface area contributed by atoms with Gasteiger partial charge in [0.05, 0.1) is 13.2 Å². The highest BCUT2D eigenvalue weighted by Crippen LogP contribution is 2.41. The largest absolute Gasteiger partial charge is 0.497 e. The minimum absolute atomic E-state index is 0.0783. The Morgan fingerprint density at radius 3 is 2.62 bits per heavy atom. The van der Waals surface area contributed by atoms with Crippen LogP contribution in [0.1, 0.15) is 44.4 Å². The summed E-state index contributed by atoms with van der Waals surface area (Å²) in [6, 6.07) is 14.3. The van der Waals surface area contributed by atoms with Crippen molar-refractivity contribution in [1.82, 2.24) is 5.32 Å². The van der Waals surface area contributed by atoms with Crippen LogP contribution < -0.4 is 20.1 Å². The summed E-state index contributed by atoms with van der Waals surface area (Å²) in [5.41, 5.74) is 3.11. The maximum atomic E-state index is 6.13. The molecule has 0 radical (unpaired) electrons. The van der Waals surface area contributed by atoms with Crippen LogP contribution in [-0.4, -0.2) is 17.8 Å². The lowest BCUT2D eigenvalue weighted by atomic mass is 9.89. The average molecular weight is 371 g/mol. The van der Waals surface area contributed by atoms with Gasteiger partial charge in [0.2, 0.25) is 0 Å². The van der Waals surface area contributed by atoms with Crippen molar-refractivity contribution in [1.29, 1.82) is 0 Å². The average Bonchev–Trinajstić information content (AvgIpc) is 2.60. The van der Waals surface area contributed by atoms with Gasteiger partial charge >= 0.3 is 0 Å². The lowest BCUT2D eigenvalue weighted by molar-refractivity contribution is 0.0693. The van der Waals surface area contributed by atoms with Crippen LogP contribution in [0.5, 0.6) is 11.5 Å². The summed E-state index contributed by atoms with van der Waals surface area (Å²) in [5.74, 6) is 1.63. The molecule has 2 aromatic carbocycles. The molecule has 0 unspecified atom stereocenters. The highest BCUT2D eigenvalue weighted by atomic mass is 32.1. The quantitative estimate of drug-likeness (QED) is 0.754. The lowest BCUT2D eigenvalue weighted by Gasteiger charge is -2.38. The number of fused-ring (bicyclic) bond motifs is 1. The van der Waals surface area contributed by atoms with Gasteiger partial charge < -0.3 is 20.1 Å². The molecule has 4 nitrogen and oxygen atoms in total. The Morgan fingerprint density at radius 1 is 1.23 bits per heavy atom. The first kappa shape index (κ1) is 18.5. The van der Waals surface area contributed by atoms with Crippen molar-refractivity contribution in [2.75, 3.05) is 12.4 Å². The fourth-order valence-corrected chi connectivity index (χ4v) is 3.50. The summed E-state index contributed by atoms with van der Waals surface area (Å²) in [5, 5.41) is 7.33. The molecule has 26 heavy (non-hydrogen) atoms. The van der Waals surface area contributed by atoms with Crippen LogP contribution >= 0.6 is 12.2 Å². The van der Waals surface area contributed by atoms with Crippen molar-refractivity contribution in [3.63, 3.8) is 0 Å². The number of nitrogens with one attached hydrogen (secondary N) is 2. The van der Waals surface area contributed by atoms with Crippen LogP contribution in [0.2, 0.25) is 0 Å². The maximum Gasteiger partial charge on any atom is 0.171 e. The number of thiocarbonyl (C=S) groups is 1. The van der Waals surface area contributed by atoms with Gasteiger partial charge in [-0.2, -0.15) is 0 Å². The zero-order valence-corrected chi connectivity index (χ0v) is 16.6. The standard InChI is InChI=1S/C21H26N2O2S/c1-5-14-6-8-15(9-7-14)22-20(26)23-18-13-21(2,3)25-19-12-16(24-4)10-11-17(18)19/h6-12,18H,5,13H2,1-4H3,(H2,22,23,26)/t18-/m0/s1. The van der Waals surface area contributed by atoms with Crippen molar-refractivity contribution in [3.8, 4) is 11.5 Å². The summed E-state index contributed by atoms with van der Waals surface area (Å²) in [6.45, 7) is 6.32. The third-order valence-corrected chi connectivity index (χ3v) is 4.82. The summed E-state index contributed by atoms with van der Waals surface area (Å²) in [4.78, 5) is 0. The molecule has 1 aliphatic rings. The number of aryl methyl sites for hydroxylation is 1. The molecule has 0 fully saturated rings. The third-order valence-electron chi connectivity index (χ3n) is 4.60. The van der Waals surface area contributed by atoms with E-state index in [2.05, 4.69) is 55.7 Å². The van der Waals surface area contributed by atoms with Crippen molar-refractivity contribution < 1.29 is 9.47 Å². The van der Waals surface area contributed by atoms with Crippen molar-refractivity contribution in [2.24, 2.45) is 0 Å². The topological polar surface area (TPSA) is 42.5 Å². The molecule has 0 saturated heterocycles. The summed E-state index contributed by atoms with van der Waals surface area (Å²) in [6.07, 6.45) is 1.85. The number of rotatable bonds is 4. The van der Waals surface area contributed by atoms with Gasteiger partial charge in [0.1, 0.15) is 17.1 Å². The summed E-state index contributed by atoms with van der Waals surface area (Å²) < 4.78 is 11.5. The second kappa shape index (κ2) is 7.54. The van der Waals surface area contributed by atoms with Crippen LogP contribution in [0.15, 0.2) is 42.5 Å². The molecule has 3 rings (SSSR count). The number of hydrogen-bond donors (Lipinski definition) is 2. The van der Waals surface area contributed by atoms with E-state index in [4.69, 9.17) is 21.7 Å². The molecule has 0 aliphatic carbocycles. The zero-order valence-electron chi connectivity index (χ0n) is 15.8. The second-order valence-corrected chi connectivity index (χ2v) is 7.58. The highest BCUT2D eigenvalue weighted by molar-refractivity contribution is 7.80. The lowest BCUT2D eigenvalue weighted by Crippen LogP contribution is -2.42. The summed E-state index contributed by atoms with van der Waals surface area (Å²) in [7, 11) is 1.66. The first-order valence-electron chi connectivity index (χ1n) is 8.93. The van der Waals surface area contributed by atoms with E-state index in [0.29, 0.717) is 5.11 Å². The molecule has 1 heterocycles. The van der Waals surface area contributed by atoms with Gasteiger partial charge in [0.15, 0.2) is 5.11 Å².